The second kappa shape index (κ2) is 6.54. The van der Waals surface area contributed by atoms with E-state index >= 15 is 0 Å². The van der Waals surface area contributed by atoms with Gasteiger partial charge in [-0.1, -0.05) is 12.8 Å². The van der Waals surface area contributed by atoms with Gasteiger partial charge in [0.05, 0.1) is 6.04 Å². The number of hydrogen-bond acceptors (Lipinski definition) is 4. The average molecular weight is 381 g/mol. The van der Waals surface area contributed by atoms with Crippen LogP contribution in [-0.2, 0) is 10.2 Å². The first-order valence-corrected chi connectivity index (χ1v) is 10.3. The molecular weight excluding hydrogens is 354 g/mol. The van der Waals surface area contributed by atoms with Crippen molar-refractivity contribution in [1.29, 1.82) is 0 Å². The van der Waals surface area contributed by atoms with E-state index in [4.69, 9.17) is 9.47 Å². The molecule has 148 valence electrons. The van der Waals surface area contributed by atoms with E-state index in [-0.39, 0.29) is 23.4 Å². The van der Waals surface area contributed by atoms with Crippen molar-refractivity contribution in [2.75, 3.05) is 19.8 Å². The van der Waals surface area contributed by atoms with E-state index < -0.39 is 0 Å². The summed E-state index contributed by atoms with van der Waals surface area (Å²) in [4.78, 5) is 15.5. The van der Waals surface area contributed by atoms with Crippen molar-refractivity contribution in [2.45, 2.75) is 57.0 Å². The maximum atomic E-state index is 13.5. The van der Waals surface area contributed by atoms with E-state index in [2.05, 4.69) is 29.1 Å². The topological polar surface area (TPSA) is 56.6 Å². The molecule has 2 aliphatic heterocycles. The Kier molecular flexibility index (Phi) is 4.11. The van der Waals surface area contributed by atoms with Crippen molar-refractivity contribution in [3.63, 3.8) is 0 Å². The Morgan fingerprint density at radius 3 is 2.61 bits per heavy atom. The Hall–Kier alpha value is -2.50. The highest BCUT2D eigenvalue weighted by molar-refractivity contribution is 5.81. The molecule has 2 unspecified atom stereocenters. The summed E-state index contributed by atoms with van der Waals surface area (Å²) in [5, 5.41) is 4.28. The number of benzene rings is 1. The van der Waals surface area contributed by atoms with Crippen LogP contribution in [0.15, 0.2) is 30.6 Å². The molecule has 28 heavy (non-hydrogen) atoms. The van der Waals surface area contributed by atoms with Crippen LogP contribution in [0.3, 0.4) is 0 Å². The van der Waals surface area contributed by atoms with Gasteiger partial charge in [0.2, 0.25) is 5.91 Å². The third-order valence-corrected chi connectivity index (χ3v) is 6.80. The molecule has 1 aromatic heterocycles. The Morgan fingerprint density at radius 2 is 1.93 bits per heavy atom. The summed E-state index contributed by atoms with van der Waals surface area (Å²) in [6.45, 7) is 6.00. The molecule has 6 heteroatoms. The van der Waals surface area contributed by atoms with Crippen molar-refractivity contribution < 1.29 is 14.3 Å². The minimum Gasteiger partial charge on any atom is -0.486 e. The number of carbonyl (C=O) groups is 1. The zero-order chi connectivity index (χ0) is 19.3. The fraction of sp³-hybridized carbons (Fsp3) is 0.545. The number of hydrogen-bond donors (Lipinski definition) is 0. The number of fused-ring (bicyclic) bond motifs is 3. The van der Waals surface area contributed by atoms with Gasteiger partial charge in [-0.15, -0.1) is 0 Å². The van der Waals surface area contributed by atoms with E-state index in [0.717, 1.165) is 30.9 Å². The lowest BCUT2D eigenvalue weighted by Crippen LogP contribution is -2.50. The van der Waals surface area contributed by atoms with Crippen LogP contribution in [0.5, 0.6) is 11.5 Å². The fourth-order valence-corrected chi connectivity index (χ4v) is 5.24. The zero-order valence-electron chi connectivity index (χ0n) is 16.6. The first kappa shape index (κ1) is 17.6. The fourth-order valence-electron chi connectivity index (χ4n) is 5.24. The van der Waals surface area contributed by atoms with Crippen LogP contribution in [0.25, 0.3) is 0 Å². The van der Waals surface area contributed by atoms with Crippen molar-refractivity contribution in [3.8, 4) is 11.5 Å². The quantitative estimate of drug-likeness (QED) is 0.797. The number of amides is 1. The largest absolute Gasteiger partial charge is 0.486 e. The minimum absolute atomic E-state index is 0.00237. The Balaban J connectivity index is 1.57. The van der Waals surface area contributed by atoms with E-state index in [1.807, 2.05) is 19.2 Å². The smallest absolute Gasteiger partial charge is 0.247 e. The van der Waals surface area contributed by atoms with Crippen LogP contribution in [0, 0.1) is 0 Å². The van der Waals surface area contributed by atoms with Crippen LogP contribution in [0.2, 0.25) is 0 Å². The zero-order valence-corrected chi connectivity index (χ0v) is 16.6. The normalized spacial score (nSPS) is 23.5. The van der Waals surface area contributed by atoms with Crippen LogP contribution >= 0.6 is 0 Å². The molecule has 1 aromatic carbocycles. The van der Waals surface area contributed by atoms with Crippen LogP contribution in [-0.4, -0.2) is 40.3 Å². The molecule has 2 aromatic rings. The van der Waals surface area contributed by atoms with Gasteiger partial charge in [-0.25, -0.2) is 0 Å². The Morgan fingerprint density at radius 1 is 1.21 bits per heavy atom. The number of aromatic nitrogens is 2. The molecule has 0 N–H and O–H groups in total. The molecule has 1 aliphatic carbocycles. The van der Waals surface area contributed by atoms with Gasteiger partial charge >= 0.3 is 0 Å². The van der Waals surface area contributed by atoms with Gasteiger partial charge in [0.1, 0.15) is 19.3 Å². The van der Waals surface area contributed by atoms with E-state index in [0.29, 0.717) is 13.2 Å². The van der Waals surface area contributed by atoms with Crippen LogP contribution < -0.4 is 9.47 Å². The molecule has 6 nitrogen and oxygen atoms in total. The highest BCUT2D eigenvalue weighted by Crippen LogP contribution is 2.52. The first-order valence-electron chi connectivity index (χ1n) is 10.3. The van der Waals surface area contributed by atoms with E-state index in [1.165, 1.54) is 24.0 Å². The van der Waals surface area contributed by atoms with Crippen molar-refractivity contribution in [3.05, 3.63) is 41.7 Å². The van der Waals surface area contributed by atoms with E-state index in [1.54, 1.807) is 10.9 Å². The van der Waals surface area contributed by atoms with Crippen molar-refractivity contribution in [2.24, 2.45) is 0 Å². The van der Waals surface area contributed by atoms with Crippen LogP contribution in [0.4, 0.5) is 0 Å². The second-order valence-corrected chi connectivity index (χ2v) is 8.37. The molecular formula is C22H27N3O3. The summed E-state index contributed by atoms with van der Waals surface area (Å²) in [5.41, 5.74) is 2.59. The number of carbonyl (C=O) groups excluding carboxylic acids is 1. The maximum absolute atomic E-state index is 13.5. The number of nitrogens with zero attached hydrogens (tertiary/aromatic N) is 3. The lowest BCUT2D eigenvalue weighted by molar-refractivity contribution is -0.138. The SMILES string of the molecule is CC1c2cc3c(cc2C2(CCCC2)CN1C(=O)C(C)n1cccn1)OCCO3. The second-order valence-electron chi connectivity index (χ2n) is 8.37. The number of rotatable bonds is 2. The van der Waals surface area contributed by atoms with E-state index in [9.17, 15) is 4.79 Å². The average Bonchev–Trinajstić information content (AvgIpc) is 3.41. The number of ether oxygens (including phenoxy) is 2. The minimum atomic E-state index is -0.310. The lowest BCUT2D eigenvalue weighted by atomic mass is 9.71. The molecule has 3 aliphatic rings. The monoisotopic (exact) mass is 381 g/mol. The summed E-state index contributed by atoms with van der Waals surface area (Å²) >= 11 is 0. The molecule has 0 saturated heterocycles. The Labute approximate surface area is 165 Å². The molecule has 1 spiro atoms. The highest BCUT2D eigenvalue weighted by Gasteiger charge is 2.47. The lowest BCUT2D eigenvalue weighted by Gasteiger charge is -2.47. The highest BCUT2D eigenvalue weighted by atomic mass is 16.6. The predicted octanol–water partition coefficient (Wildman–Crippen LogP) is 3.63. The van der Waals surface area contributed by atoms with Gasteiger partial charge in [-0.2, -0.15) is 5.10 Å². The summed E-state index contributed by atoms with van der Waals surface area (Å²) in [6, 6.07) is 5.87. The molecule has 1 fully saturated rings. The molecule has 1 saturated carbocycles. The summed E-state index contributed by atoms with van der Waals surface area (Å²) in [5.74, 6) is 1.79. The summed E-state index contributed by atoms with van der Waals surface area (Å²) in [7, 11) is 0. The third-order valence-electron chi connectivity index (χ3n) is 6.80. The van der Waals surface area contributed by atoms with Gasteiger partial charge in [0, 0.05) is 24.4 Å². The maximum Gasteiger partial charge on any atom is 0.247 e. The Bertz CT molecular complexity index is 887. The van der Waals surface area contributed by atoms with Gasteiger partial charge in [0.15, 0.2) is 11.5 Å². The standard InChI is InChI=1S/C22H27N3O3/c1-15-17-12-19-20(28-11-10-27-19)13-18(17)22(6-3-4-7-22)14-24(15)21(26)16(2)25-9-5-8-23-25/h5,8-9,12-13,15-16H,3-4,6-7,10-11,14H2,1-2H3. The van der Waals surface area contributed by atoms with Gasteiger partial charge in [-0.3, -0.25) is 9.48 Å². The van der Waals surface area contributed by atoms with Crippen molar-refractivity contribution >= 4 is 5.91 Å². The van der Waals surface area contributed by atoms with Crippen LogP contribution in [0.1, 0.15) is 62.7 Å². The van der Waals surface area contributed by atoms with Gasteiger partial charge in [-0.05, 0) is 56.0 Å². The summed E-state index contributed by atoms with van der Waals surface area (Å²) in [6.07, 6.45) is 8.23. The first-order chi connectivity index (χ1) is 13.6. The molecule has 3 heterocycles. The predicted molar refractivity (Wildman–Crippen MR) is 105 cm³/mol. The molecule has 1 amide bonds. The molecule has 0 bridgehead atoms. The molecule has 2 atom stereocenters. The third kappa shape index (κ3) is 2.61. The van der Waals surface area contributed by atoms with Crippen molar-refractivity contribution in [1.82, 2.24) is 14.7 Å². The van der Waals surface area contributed by atoms with Gasteiger partial charge in [0.25, 0.3) is 0 Å². The molecule has 5 rings (SSSR count). The van der Waals surface area contributed by atoms with Gasteiger partial charge < -0.3 is 14.4 Å². The molecule has 0 radical (unpaired) electrons. The summed E-state index contributed by atoms with van der Waals surface area (Å²) < 4.78 is 13.5.